The molecule has 1 N–H and O–H groups in total. The van der Waals surface area contributed by atoms with Crippen molar-refractivity contribution in [1.29, 1.82) is 0 Å². The minimum Gasteiger partial charge on any atom is -0.493 e. The molecular formula is C14H21NO4. The first-order valence-corrected chi connectivity index (χ1v) is 6.24. The Balaban J connectivity index is 2.80. The Morgan fingerprint density at radius 1 is 1.32 bits per heavy atom. The predicted octanol–water partition coefficient (Wildman–Crippen LogP) is 1.75. The summed E-state index contributed by atoms with van der Waals surface area (Å²) >= 11 is 0. The molecular weight excluding hydrogens is 246 g/mol. The smallest absolute Gasteiger partial charge is 0.346 e. The molecule has 1 unspecified atom stereocenters. The highest BCUT2D eigenvalue weighted by molar-refractivity contribution is 5.74. The lowest BCUT2D eigenvalue weighted by molar-refractivity contribution is -0.147. The Hall–Kier alpha value is -1.75. The highest BCUT2D eigenvalue weighted by Crippen LogP contribution is 2.29. The lowest BCUT2D eigenvalue weighted by Gasteiger charge is -2.16. The van der Waals surface area contributed by atoms with Gasteiger partial charge >= 0.3 is 5.97 Å². The molecule has 0 radical (unpaired) electrons. The monoisotopic (exact) mass is 267 g/mol. The average Bonchev–Trinajstić information content (AvgIpc) is 2.44. The van der Waals surface area contributed by atoms with Gasteiger partial charge in [-0.2, -0.15) is 0 Å². The van der Waals surface area contributed by atoms with Crippen molar-refractivity contribution in [2.45, 2.75) is 26.5 Å². The Labute approximate surface area is 113 Å². The van der Waals surface area contributed by atoms with Crippen LogP contribution in [-0.4, -0.2) is 32.8 Å². The molecule has 0 saturated carbocycles. The summed E-state index contributed by atoms with van der Waals surface area (Å²) in [6.45, 7) is 5.35. The molecule has 0 spiro atoms. The third kappa shape index (κ3) is 4.44. The molecule has 0 heterocycles. The van der Waals surface area contributed by atoms with Crippen LogP contribution in [0.1, 0.15) is 19.4 Å². The topological polar surface area (TPSA) is 56.8 Å². The van der Waals surface area contributed by atoms with E-state index in [1.54, 1.807) is 20.1 Å². The van der Waals surface area contributed by atoms with E-state index in [4.69, 9.17) is 9.47 Å². The minimum atomic E-state index is -0.668. The first-order chi connectivity index (χ1) is 9.12. The maximum atomic E-state index is 11.3. The van der Waals surface area contributed by atoms with Crippen LogP contribution in [0.15, 0.2) is 18.2 Å². The molecule has 0 aliphatic carbocycles. The summed E-state index contributed by atoms with van der Waals surface area (Å²) in [5.41, 5.74) is 1.09. The number of ether oxygens (including phenoxy) is 3. The Morgan fingerprint density at radius 2 is 2.05 bits per heavy atom. The molecule has 1 aromatic rings. The molecule has 0 aliphatic rings. The normalized spacial score (nSPS) is 11.8. The van der Waals surface area contributed by atoms with Gasteiger partial charge in [-0.3, -0.25) is 0 Å². The molecule has 19 heavy (non-hydrogen) atoms. The summed E-state index contributed by atoms with van der Waals surface area (Å²) in [6.07, 6.45) is -0.668. The van der Waals surface area contributed by atoms with Crippen molar-refractivity contribution in [2.75, 3.05) is 20.8 Å². The molecule has 0 amide bonds. The summed E-state index contributed by atoms with van der Waals surface area (Å²) in [5.74, 6) is 0.714. The van der Waals surface area contributed by atoms with Gasteiger partial charge in [0, 0.05) is 6.54 Å². The quantitative estimate of drug-likeness (QED) is 0.763. The summed E-state index contributed by atoms with van der Waals surface area (Å²) in [5, 5.41) is 3.23. The zero-order valence-electron chi connectivity index (χ0n) is 11.9. The van der Waals surface area contributed by atoms with Crippen molar-refractivity contribution < 1.29 is 19.0 Å². The van der Waals surface area contributed by atoms with E-state index in [1.165, 1.54) is 7.11 Å². The highest BCUT2D eigenvalue weighted by atomic mass is 16.6. The van der Waals surface area contributed by atoms with Crippen molar-refractivity contribution >= 4 is 5.97 Å². The van der Waals surface area contributed by atoms with Crippen molar-refractivity contribution in [1.82, 2.24) is 5.32 Å². The highest BCUT2D eigenvalue weighted by Gasteiger charge is 2.17. The van der Waals surface area contributed by atoms with Gasteiger partial charge in [0.25, 0.3) is 0 Å². The van der Waals surface area contributed by atoms with Crippen LogP contribution in [0.4, 0.5) is 0 Å². The number of methoxy groups -OCH3 is 2. The van der Waals surface area contributed by atoms with E-state index in [0.717, 1.165) is 18.7 Å². The van der Waals surface area contributed by atoms with Gasteiger partial charge < -0.3 is 19.5 Å². The van der Waals surface area contributed by atoms with E-state index >= 15 is 0 Å². The maximum Gasteiger partial charge on any atom is 0.346 e. The Kier molecular flexibility index (Phi) is 6.15. The average molecular weight is 267 g/mol. The second-order valence-corrected chi connectivity index (χ2v) is 4.05. The van der Waals surface area contributed by atoms with E-state index < -0.39 is 12.1 Å². The molecule has 5 nitrogen and oxygen atoms in total. The summed E-state index contributed by atoms with van der Waals surface area (Å²) in [4.78, 5) is 11.3. The SMILES string of the molecule is CCNCc1ccc(OC(C)C(=O)OC)c(OC)c1. The van der Waals surface area contributed by atoms with E-state index in [2.05, 4.69) is 10.1 Å². The van der Waals surface area contributed by atoms with E-state index in [9.17, 15) is 4.79 Å². The fourth-order valence-electron chi connectivity index (χ4n) is 1.59. The van der Waals surface area contributed by atoms with Gasteiger partial charge in [-0.05, 0) is 31.2 Å². The van der Waals surface area contributed by atoms with Crippen LogP contribution in [0.5, 0.6) is 11.5 Å². The van der Waals surface area contributed by atoms with E-state index in [-0.39, 0.29) is 0 Å². The number of hydrogen-bond donors (Lipinski definition) is 1. The minimum absolute atomic E-state index is 0.418. The molecule has 0 fully saturated rings. The summed E-state index contributed by atoms with van der Waals surface area (Å²) in [7, 11) is 2.90. The molecule has 5 heteroatoms. The number of benzene rings is 1. The largest absolute Gasteiger partial charge is 0.493 e. The fraction of sp³-hybridized carbons (Fsp3) is 0.500. The number of nitrogens with one attached hydrogen (secondary N) is 1. The third-order valence-electron chi connectivity index (χ3n) is 2.64. The van der Waals surface area contributed by atoms with Gasteiger partial charge in [0.1, 0.15) is 0 Å². The van der Waals surface area contributed by atoms with Gasteiger partial charge in [-0.1, -0.05) is 13.0 Å². The number of esters is 1. The van der Waals surface area contributed by atoms with Crippen molar-refractivity contribution in [2.24, 2.45) is 0 Å². The molecule has 0 saturated heterocycles. The van der Waals surface area contributed by atoms with Gasteiger partial charge in [-0.25, -0.2) is 4.79 Å². The van der Waals surface area contributed by atoms with Crippen LogP contribution in [0.2, 0.25) is 0 Å². The fourth-order valence-corrected chi connectivity index (χ4v) is 1.59. The van der Waals surface area contributed by atoms with Crippen molar-refractivity contribution in [3.8, 4) is 11.5 Å². The molecule has 1 rings (SSSR count). The number of hydrogen-bond acceptors (Lipinski definition) is 5. The Morgan fingerprint density at radius 3 is 2.63 bits per heavy atom. The number of rotatable bonds is 7. The standard InChI is InChI=1S/C14H21NO4/c1-5-15-9-11-6-7-12(13(8-11)17-3)19-10(2)14(16)18-4/h6-8,10,15H,5,9H2,1-4H3. The molecule has 1 atom stereocenters. The molecule has 106 valence electrons. The predicted molar refractivity (Wildman–Crippen MR) is 72.5 cm³/mol. The van der Waals surface area contributed by atoms with Gasteiger partial charge in [0.2, 0.25) is 0 Å². The molecule has 1 aromatic carbocycles. The zero-order valence-corrected chi connectivity index (χ0v) is 11.9. The zero-order chi connectivity index (χ0) is 14.3. The van der Waals surface area contributed by atoms with Gasteiger partial charge in [0.15, 0.2) is 17.6 Å². The maximum absolute atomic E-state index is 11.3. The molecule has 0 bridgehead atoms. The second-order valence-electron chi connectivity index (χ2n) is 4.05. The first-order valence-electron chi connectivity index (χ1n) is 6.24. The lowest BCUT2D eigenvalue weighted by atomic mass is 10.2. The van der Waals surface area contributed by atoms with Crippen LogP contribution in [0.3, 0.4) is 0 Å². The molecule has 0 aliphatic heterocycles. The third-order valence-corrected chi connectivity index (χ3v) is 2.64. The van der Waals surface area contributed by atoms with Crippen LogP contribution >= 0.6 is 0 Å². The van der Waals surface area contributed by atoms with Gasteiger partial charge in [-0.15, -0.1) is 0 Å². The van der Waals surface area contributed by atoms with Crippen molar-refractivity contribution in [3.63, 3.8) is 0 Å². The lowest BCUT2D eigenvalue weighted by Crippen LogP contribution is -2.25. The number of carbonyl (C=O) groups is 1. The summed E-state index contributed by atoms with van der Waals surface area (Å²) < 4.78 is 15.4. The van der Waals surface area contributed by atoms with Crippen molar-refractivity contribution in [3.05, 3.63) is 23.8 Å². The summed E-state index contributed by atoms with van der Waals surface area (Å²) in [6, 6.07) is 5.62. The second kappa shape index (κ2) is 7.63. The van der Waals surface area contributed by atoms with Crippen LogP contribution in [0.25, 0.3) is 0 Å². The van der Waals surface area contributed by atoms with Crippen LogP contribution in [-0.2, 0) is 16.1 Å². The molecule has 0 aromatic heterocycles. The van der Waals surface area contributed by atoms with Crippen LogP contribution < -0.4 is 14.8 Å². The van der Waals surface area contributed by atoms with E-state index in [1.807, 2.05) is 19.1 Å². The Bertz CT molecular complexity index is 420. The number of carbonyl (C=O) groups excluding carboxylic acids is 1. The van der Waals surface area contributed by atoms with Crippen LogP contribution in [0, 0.1) is 0 Å². The van der Waals surface area contributed by atoms with E-state index in [0.29, 0.717) is 11.5 Å². The first kappa shape index (κ1) is 15.3. The van der Waals surface area contributed by atoms with Gasteiger partial charge in [0.05, 0.1) is 14.2 Å².